The molecule has 1 aromatic carbocycles. The number of anilines is 1. The monoisotopic (exact) mass is 255 g/mol. The number of hydrogen-bond donors (Lipinski definition) is 0. The summed E-state index contributed by atoms with van der Waals surface area (Å²) in [5, 5.41) is 0. The first-order valence-electron chi connectivity index (χ1n) is 6.05. The average molecular weight is 255 g/mol. The number of para-hydroxylation sites is 1. The molecule has 0 fully saturated rings. The van der Waals surface area contributed by atoms with E-state index in [0.29, 0.717) is 4.90 Å². The highest BCUT2D eigenvalue weighted by molar-refractivity contribution is 7.91. The lowest BCUT2D eigenvalue weighted by Crippen LogP contribution is -2.21. The van der Waals surface area contributed by atoms with Crippen LogP contribution in [-0.2, 0) is 9.84 Å². The lowest BCUT2D eigenvalue weighted by atomic mass is 10.2. The topological polar surface area (TPSA) is 37.4 Å². The molecule has 0 atom stereocenters. The molecule has 0 saturated heterocycles. The van der Waals surface area contributed by atoms with Crippen LogP contribution in [-0.4, -0.2) is 27.8 Å². The van der Waals surface area contributed by atoms with E-state index < -0.39 is 9.84 Å². The van der Waals surface area contributed by atoms with E-state index >= 15 is 0 Å². The van der Waals surface area contributed by atoms with Gasteiger partial charge in [0, 0.05) is 13.6 Å². The van der Waals surface area contributed by atoms with Crippen molar-refractivity contribution in [3.05, 3.63) is 24.3 Å². The first-order chi connectivity index (χ1) is 8.03. The van der Waals surface area contributed by atoms with Gasteiger partial charge in [-0.3, -0.25) is 0 Å². The average Bonchev–Trinajstić information content (AvgIpc) is 2.36. The van der Waals surface area contributed by atoms with Crippen molar-refractivity contribution in [3.63, 3.8) is 0 Å². The second-order valence-electron chi connectivity index (χ2n) is 4.15. The highest BCUT2D eigenvalue weighted by Gasteiger charge is 2.17. The van der Waals surface area contributed by atoms with Crippen LogP contribution in [0.1, 0.15) is 26.7 Å². The Morgan fingerprint density at radius 3 is 2.41 bits per heavy atom. The predicted octanol–water partition coefficient (Wildman–Crippen LogP) is 2.72. The summed E-state index contributed by atoms with van der Waals surface area (Å²) in [6.07, 6.45) is 2.17. The van der Waals surface area contributed by atoms with E-state index in [4.69, 9.17) is 0 Å². The van der Waals surface area contributed by atoms with E-state index in [1.807, 2.05) is 24.1 Å². The molecule has 0 aliphatic rings. The fourth-order valence-corrected chi connectivity index (χ4v) is 2.85. The standard InChI is InChI=1S/C13H21NO2S/c1-4-6-11-14(3)12-9-7-8-10-13(12)17(15,16)5-2/h7-10H,4-6,11H2,1-3H3. The van der Waals surface area contributed by atoms with E-state index in [2.05, 4.69) is 6.92 Å². The zero-order chi connectivity index (χ0) is 12.9. The van der Waals surface area contributed by atoms with Crippen LogP contribution in [0.4, 0.5) is 5.69 Å². The van der Waals surface area contributed by atoms with Crippen molar-refractivity contribution in [1.82, 2.24) is 0 Å². The Balaban J connectivity index is 3.08. The van der Waals surface area contributed by atoms with Crippen molar-refractivity contribution >= 4 is 15.5 Å². The fourth-order valence-electron chi connectivity index (χ4n) is 1.71. The van der Waals surface area contributed by atoms with Gasteiger partial charge in [0.1, 0.15) is 0 Å². The molecule has 0 aromatic heterocycles. The van der Waals surface area contributed by atoms with E-state index in [1.54, 1.807) is 19.1 Å². The van der Waals surface area contributed by atoms with Gasteiger partial charge in [0.2, 0.25) is 0 Å². The molecule has 3 nitrogen and oxygen atoms in total. The van der Waals surface area contributed by atoms with Crippen LogP contribution in [0.3, 0.4) is 0 Å². The van der Waals surface area contributed by atoms with Gasteiger partial charge in [-0.2, -0.15) is 0 Å². The number of nitrogens with zero attached hydrogens (tertiary/aromatic N) is 1. The summed E-state index contributed by atoms with van der Waals surface area (Å²) in [7, 11) is -1.20. The lowest BCUT2D eigenvalue weighted by molar-refractivity contribution is 0.597. The summed E-state index contributed by atoms with van der Waals surface area (Å²) in [4.78, 5) is 2.47. The summed E-state index contributed by atoms with van der Waals surface area (Å²) < 4.78 is 23.9. The number of benzene rings is 1. The van der Waals surface area contributed by atoms with Gasteiger partial charge in [0.15, 0.2) is 9.84 Å². The molecule has 0 aliphatic heterocycles. The Morgan fingerprint density at radius 2 is 1.82 bits per heavy atom. The molecule has 0 saturated carbocycles. The largest absolute Gasteiger partial charge is 0.374 e. The van der Waals surface area contributed by atoms with Crippen molar-refractivity contribution in [2.24, 2.45) is 0 Å². The first-order valence-corrected chi connectivity index (χ1v) is 7.71. The van der Waals surface area contributed by atoms with E-state index in [1.165, 1.54) is 0 Å². The molecule has 0 N–H and O–H groups in total. The van der Waals surface area contributed by atoms with E-state index in [0.717, 1.165) is 25.1 Å². The van der Waals surface area contributed by atoms with Crippen molar-refractivity contribution in [2.75, 3.05) is 24.2 Å². The Hall–Kier alpha value is -1.03. The summed E-state index contributed by atoms with van der Waals surface area (Å²) in [5.41, 5.74) is 0.808. The SMILES string of the molecule is CCCCN(C)c1ccccc1S(=O)(=O)CC. The Bertz CT molecular complexity index is 454. The molecule has 0 bridgehead atoms. The molecule has 0 aliphatic carbocycles. The molecule has 0 heterocycles. The van der Waals surface area contributed by atoms with Gasteiger partial charge in [-0.05, 0) is 18.6 Å². The molecule has 0 amide bonds. The van der Waals surface area contributed by atoms with Crippen LogP contribution in [0.5, 0.6) is 0 Å². The highest BCUT2D eigenvalue weighted by Crippen LogP contribution is 2.25. The second-order valence-corrected chi connectivity index (χ2v) is 6.39. The number of rotatable bonds is 6. The van der Waals surface area contributed by atoms with Gasteiger partial charge < -0.3 is 4.90 Å². The Morgan fingerprint density at radius 1 is 1.18 bits per heavy atom. The fraction of sp³-hybridized carbons (Fsp3) is 0.538. The maximum absolute atomic E-state index is 12.0. The molecule has 0 unspecified atom stereocenters. The molecule has 0 spiro atoms. The number of sulfone groups is 1. The highest BCUT2D eigenvalue weighted by atomic mass is 32.2. The van der Waals surface area contributed by atoms with Gasteiger partial charge in [-0.1, -0.05) is 32.4 Å². The summed E-state index contributed by atoms with van der Waals surface area (Å²) in [6, 6.07) is 7.22. The van der Waals surface area contributed by atoms with Crippen molar-refractivity contribution in [2.45, 2.75) is 31.6 Å². The van der Waals surface area contributed by atoms with Crippen molar-refractivity contribution < 1.29 is 8.42 Å². The number of unbranched alkanes of at least 4 members (excludes halogenated alkanes) is 1. The van der Waals surface area contributed by atoms with Crippen molar-refractivity contribution in [1.29, 1.82) is 0 Å². The maximum atomic E-state index is 12.0. The smallest absolute Gasteiger partial charge is 0.180 e. The number of hydrogen-bond acceptors (Lipinski definition) is 3. The molecule has 96 valence electrons. The van der Waals surface area contributed by atoms with Crippen LogP contribution in [0.15, 0.2) is 29.2 Å². The minimum Gasteiger partial charge on any atom is -0.374 e. The minimum absolute atomic E-state index is 0.144. The Kier molecular flexibility index (Phi) is 5.00. The van der Waals surface area contributed by atoms with Gasteiger partial charge in [-0.25, -0.2) is 8.42 Å². The minimum atomic E-state index is -3.14. The Labute approximate surface area is 104 Å². The molecule has 4 heteroatoms. The second kappa shape index (κ2) is 6.05. The van der Waals surface area contributed by atoms with Crippen molar-refractivity contribution in [3.8, 4) is 0 Å². The van der Waals surface area contributed by atoms with Gasteiger partial charge >= 0.3 is 0 Å². The molecule has 1 aromatic rings. The van der Waals surface area contributed by atoms with Crippen LogP contribution in [0, 0.1) is 0 Å². The predicted molar refractivity (Wildman–Crippen MR) is 72.3 cm³/mol. The van der Waals surface area contributed by atoms with Gasteiger partial charge in [0.25, 0.3) is 0 Å². The van der Waals surface area contributed by atoms with Crippen LogP contribution >= 0.6 is 0 Å². The summed E-state index contributed by atoms with van der Waals surface area (Å²) in [6.45, 7) is 4.69. The normalized spacial score (nSPS) is 11.5. The van der Waals surface area contributed by atoms with Crippen LogP contribution in [0.2, 0.25) is 0 Å². The third kappa shape index (κ3) is 3.46. The third-order valence-electron chi connectivity index (χ3n) is 2.84. The first kappa shape index (κ1) is 14.0. The molecular formula is C13H21NO2S. The molecular weight excluding hydrogens is 234 g/mol. The van der Waals surface area contributed by atoms with Crippen LogP contribution in [0.25, 0.3) is 0 Å². The quantitative estimate of drug-likeness (QED) is 0.784. The molecule has 17 heavy (non-hydrogen) atoms. The zero-order valence-corrected chi connectivity index (χ0v) is 11.6. The van der Waals surface area contributed by atoms with E-state index in [9.17, 15) is 8.42 Å². The van der Waals surface area contributed by atoms with Gasteiger partial charge in [0.05, 0.1) is 16.3 Å². The summed E-state index contributed by atoms with van der Waals surface area (Å²) in [5.74, 6) is 0.144. The molecule has 1 rings (SSSR count). The lowest BCUT2D eigenvalue weighted by Gasteiger charge is -2.21. The molecule has 0 radical (unpaired) electrons. The van der Waals surface area contributed by atoms with E-state index in [-0.39, 0.29) is 5.75 Å². The maximum Gasteiger partial charge on any atom is 0.180 e. The zero-order valence-electron chi connectivity index (χ0n) is 10.8. The third-order valence-corrected chi connectivity index (χ3v) is 4.61. The van der Waals surface area contributed by atoms with Crippen LogP contribution < -0.4 is 4.90 Å². The van der Waals surface area contributed by atoms with Gasteiger partial charge in [-0.15, -0.1) is 0 Å². The summed E-state index contributed by atoms with van der Waals surface area (Å²) >= 11 is 0.